The van der Waals surface area contributed by atoms with E-state index in [2.05, 4.69) is 5.32 Å². The molecule has 1 rings (SSSR count). The van der Waals surface area contributed by atoms with Crippen LogP contribution in [-0.4, -0.2) is 19.6 Å². The average Bonchev–Trinajstić information content (AvgIpc) is 2.93. The molecular formula is C11H24N2. The zero-order chi connectivity index (χ0) is 9.36. The lowest BCUT2D eigenvalue weighted by Crippen LogP contribution is -2.17. The van der Waals surface area contributed by atoms with Gasteiger partial charge in [-0.25, -0.2) is 0 Å². The van der Waals surface area contributed by atoms with E-state index in [1.54, 1.807) is 0 Å². The fourth-order valence-corrected chi connectivity index (χ4v) is 1.55. The van der Waals surface area contributed by atoms with Crippen LogP contribution in [0.4, 0.5) is 0 Å². The summed E-state index contributed by atoms with van der Waals surface area (Å²) in [5.41, 5.74) is 5.42. The van der Waals surface area contributed by atoms with Crippen molar-refractivity contribution in [1.29, 1.82) is 0 Å². The van der Waals surface area contributed by atoms with Crippen molar-refractivity contribution in [3.63, 3.8) is 0 Å². The number of hydrogen-bond acceptors (Lipinski definition) is 2. The van der Waals surface area contributed by atoms with Crippen molar-refractivity contribution in [3.8, 4) is 0 Å². The second-order valence-corrected chi connectivity index (χ2v) is 4.20. The molecule has 1 aliphatic carbocycles. The van der Waals surface area contributed by atoms with E-state index < -0.39 is 0 Å². The average molecular weight is 184 g/mol. The van der Waals surface area contributed by atoms with E-state index in [9.17, 15) is 0 Å². The van der Waals surface area contributed by atoms with Gasteiger partial charge in [0.15, 0.2) is 0 Å². The highest BCUT2D eigenvalue weighted by Crippen LogP contribution is 2.27. The molecule has 78 valence electrons. The Labute approximate surface area is 82.3 Å². The molecule has 0 saturated heterocycles. The number of nitrogens with one attached hydrogen (secondary N) is 1. The standard InChI is InChI=1S/C11H24N2/c12-8-4-2-1-3-5-9-13-10-11-6-7-11/h11,13H,1-10,12H2. The lowest BCUT2D eigenvalue weighted by molar-refractivity contribution is 0.564. The Morgan fingerprint density at radius 3 is 2.38 bits per heavy atom. The SMILES string of the molecule is NCCCCCCCNCC1CC1. The maximum absolute atomic E-state index is 5.42. The molecule has 0 aromatic rings. The topological polar surface area (TPSA) is 38.0 Å². The highest BCUT2D eigenvalue weighted by molar-refractivity contribution is 4.74. The second kappa shape index (κ2) is 7.34. The van der Waals surface area contributed by atoms with Gasteiger partial charge in [0, 0.05) is 0 Å². The van der Waals surface area contributed by atoms with Gasteiger partial charge in [-0.2, -0.15) is 0 Å². The molecule has 0 aromatic carbocycles. The molecule has 0 amide bonds. The number of rotatable bonds is 9. The molecule has 0 aliphatic heterocycles. The third-order valence-corrected chi connectivity index (χ3v) is 2.69. The Morgan fingerprint density at radius 2 is 1.69 bits per heavy atom. The summed E-state index contributed by atoms with van der Waals surface area (Å²) in [7, 11) is 0. The van der Waals surface area contributed by atoms with E-state index >= 15 is 0 Å². The van der Waals surface area contributed by atoms with E-state index in [4.69, 9.17) is 5.73 Å². The van der Waals surface area contributed by atoms with Crippen LogP contribution in [0.5, 0.6) is 0 Å². The van der Waals surface area contributed by atoms with Crippen LogP contribution in [0.1, 0.15) is 44.9 Å². The minimum absolute atomic E-state index is 0.861. The molecule has 0 atom stereocenters. The number of unbranched alkanes of at least 4 members (excludes halogenated alkanes) is 4. The summed E-state index contributed by atoms with van der Waals surface area (Å²) in [5, 5.41) is 3.51. The van der Waals surface area contributed by atoms with Crippen LogP contribution in [0, 0.1) is 5.92 Å². The number of hydrogen-bond donors (Lipinski definition) is 2. The summed E-state index contributed by atoms with van der Waals surface area (Å²) in [6.07, 6.45) is 9.53. The second-order valence-electron chi connectivity index (χ2n) is 4.20. The van der Waals surface area contributed by atoms with E-state index in [0.29, 0.717) is 0 Å². The summed E-state index contributed by atoms with van der Waals surface area (Å²) in [6, 6.07) is 0. The summed E-state index contributed by atoms with van der Waals surface area (Å²) in [5.74, 6) is 1.03. The Balaban J connectivity index is 1.63. The zero-order valence-corrected chi connectivity index (χ0v) is 8.73. The molecule has 0 aromatic heterocycles. The van der Waals surface area contributed by atoms with Crippen molar-refractivity contribution in [2.24, 2.45) is 11.7 Å². The molecule has 1 aliphatic rings. The quantitative estimate of drug-likeness (QED) is 0.537. The molecular weight excluding hydrogens is 160 g/mol. The molecule has 0 heterocycles. The van der Waals surface area contributed by atoms with Gasteiger partial charge in [-0.05, 0) is 51.2 Å². The molecule has 2 heteroatoms. The first-order valence-electron chi connectivity index (χ1n) is 5.84. The van der Waals surface area contributed by atoms with Crippen LogP contribution < -0.4 is 11.1 Å². The van der Waals surface area contributed by atoms with Gasteiger partial charge in [-0.3, -0.25) is 0 Å². The molecule has 2 nitrogen and oxygen atoms in total. The molecule has 0 radical (unpaired) electrons. The van der Waals surface area contributed by atoms with Crippen LogP contribution in [0.25, 0.3) is 0 Å². The van der Waals surface area contributed by atoms with Crippen LogP contribution >= 0.6 is 0 Å². The predicted molar refractivity (Wildman–Crippen MR) is 57.7 cm³/mol. The van der Waals surface area contributed by atoms with Crippen molar-refractivity contribution >= 4 is 0 Å². The van der Waals surface area contributed by atoms with Gasteiger partial charge < -0.3 is 11.1 Å². The number of nitrogens with two attached hydrogens (primary N) is 1. The Kier molecular flexibility index (Phi) is 6.21. The zero-order valence-electron chi connectivity index (χ0n) is 8.73. The molecule has 1 fully saturated rings. The maximum Gasteiger partial charge on any atom is -0.00205 e. The highest BCUT2D eigenvalue weighted by Gasteiger charge is 2.19. The molecule has 0 bridgehead atoms. The smallest absolute Gasteiger partial charge is 0.00205 e. The van der Waals surface area contributed by atoms with Crippen molar-refractivity contribution in [3.05, 3.63) is 0 Å². The summed E-state index contributed by atoms with van der Waals surface area (Å²) in [6.45, 7) is 3.35. The van der Waals surface area contributed by atoms with Crippen LogP contribution in [0.3, 0.4) is 0 Å². The van der Waals surface area contributed by atoms with Crippen LogP contribution in [0.15, 0.2) is 0 Å². The summed E-state index contributed by atoms with van der Waals surface area (Å²) < 4.78 is 0. The Morgan fingerprint density at radius 1 is 1.00 bits per heavy atom. The Hall–Kier alpha value is -0.0800. The van der Waals surface area contributed by atoms with Crippen LogP contribution in [0.2, 0.25) is 0 Å². The molecule has 0 unspecified atom stereocenters. The molecule has 13 heavy (non-hydrogen) atoms. The summed E-state index contributed by atoms with van der Waals surface area (Å²) in [4.78, 5) is 0. The van der Waals surface area contributed by atoms with Gasteiger partial charge in [0.2, 0.25) is 0 Å². The van der Waals surface area contributed by atoms with Gasteiger partial charge >= 0.3 is 0 Å². The summed E-state index contributed by atoms with van der Waals surface area (Å²) >= 11 is 0. The van der Waals surface area contributed by atoms with Crippen molar-refractivity contribution in [2.45, 2.75) is 44.9 Å². The van der Waals surface area contributed by atoms with Crippen molar-refractivity contribution in [2.75, 3.05) is 19.6 Å². The van der Waals surface area contributed by atoms with Gasteiger partial charge in [0.1, 0.15) is 0 Å². The first kappa shape index (κ1) is 11.0. The normalized spacial score (nSPS) is 16.4. The minimum atomic E-state index is 0.861. The fourth-order valence-electron chi connectivity index (χ4n) is 1.55. The van der Waals surface area contributed by atoms with Gasteiger partial charge in [0.25, 0.3) is 0 Å². The van der Waals surface area contributed by atoms with Crippen molar-refractivity contribution < 1.29 is 0 Å². The first-order chi connectivity index (χ1) is 6.43. The monoisotopic (exact) mass is 184 g/mol. The largest absolute Gasteiger partial charge is 0.330 e. The molecule has 0 spiro atoms. The van der Waals surface area contributed by atoms with Gasteiger partial charge in [0.05, 0.1) is 0 Å². The van der Waals surface area contributed by atoms with Crippen LogP contribution in [-0.2, 0) is 0 Å². The maximum atomic E-state index is 5.42. The van der Waals surface area contributed by atoms with E-state index in [1.807, 2.05) is 0 Å². The van der Waals surface area contributed by atoms with Gasteiger partial charge in [-0.1, -0.05) is 19.3 Å². The predicted octanol–water partition coefficient (Wildman–Crippen LogP) is 1.90. The van der Waals surface area contributed by atoms with E-state index in [-0.39, 0.29) is 0 Å². The Bertz CT molecular complexity index is 111. The van der Waals surface area contributed by atoms with Gasteiger partial charge in [-0.15, -0.1) is 0 Å². The molecule has 3 N–H and O–H groups in total. The van der Waals surface area contributed by atoms with E-state index in [0.717, 1.165) is 12.5 Å². The minimum Gasteiger partial charge on any atom is -0.330 e. The van der Waals surface area contributed by atoms with Crippen molar-refractivity contribution in [1.82, 2.24) is 5.32 Å². The fraction of sp³-hybridized carbons (Fsp3) is 1.00. The van der Waals surface area contributed by atoms with E-state index in [1.165, 1.54) is 58.0 Å². The molecule has 1 saturated carbocycles. The lowest BCUT2D eigenvalue weighted by Gasteiger charge is -2.02. The first-order valence-corrected chi connectivity index (χ1v) is 5.84. The highest BCUT2D eigenvalue weighted by atomic mass is 14.9. The third kappa shape index (κ3) is 7.03. The lowest BCUT2D eigenvalue weighted by atomic mass is 10.1. The third-order valence-electron chi connectivity index (χ3n) is 2.69.